The summed E-state index contributed by atoms with van der Waals surface area (Å²) in [5.41, 5.74) is 5.79. The molecule has 1 heterocycles. The van der Waals surface area contributed by atoms with Gasteiger partial charge in [-0.1, -0.05) is 20.3 Å². The lowest BCUT2D eigenvalue weighted by molar-refractivity contribution is -0.149. The minimum Gasteiger partial charge on any atom is -0.480 e. The van der Waals surface area contributed by atoms with Crippen LogP contribution < -0.4 is 5.73 Å². The van der Waals surface area contributed by atoms with Gasteiger partial charge >= 0.3 is 5.97 Å². The van der Waals surface area contributed by atoms with Crippen molar-refractivity contribution >= 4 is 11.9 Å². The van der Waals surface area contributed by atoms with Crippen molar-refractivity contribution in [3.8, 4) is 0 Å². The molecule has 0 aromatic carbocycles. The molecule has 1 fully saturated rings. The van der Waals surface area contributed by atoms with Gasteiger partial charge in [0, 0.05) is 13.0 Å². The van der Waals surface area contributed by atoms with Gasteiger partial charge in [0.15, 0.2) is 0 Å². The Hall–Kier alpha value is -1.14. The lowest BCUT2D eigenvalue weighted by Crippen LogP contribution is -2.50. The zero-order valence-electron chi connectivity index (χ0n) is 10.2. The number of β-amino-alcohol motifs (C(OH)–C–C–N with tert-alkyl or cyclic N) is 1. The van der Waals surface area contributed by atoms with Crippen molar-refractivity contribution in [3.05, 3.63) is 0 Å². The first kappa shape index (κ1) is 13.9. The Bertz CT molecular complexity index is 308. The molecule has 0 spiro atoms. The van der Waals surface area contributed by atoms with E-state index in [0.29, 0.717) is 0 Å². The van der Waals surface area contributed by atoms with Crippen LogP contribution in [-0.2, 0) is 9.59 Å². The number of carbonyl (C=O) groups excluding carboxylic acids is 1. The van der Waals surface area contributed by atoms with Gasteiger partial charge in [0.1, 0.15) is 6.04 Å². The SMILES string of the molecule is CCC(C)[C@H](N)C(=O)N1C[C@H](O)C[C@H]1C(=O)O. The molecule has 0 aromatic rings. The van der Waals surface area contributed by atoms with Crippen molar-refractivity contribution < 1.29 is 19.8 Å². The minimum absolute atomic E-state index is 0.00492. The van der Waals surface area contributed by atoms with Crippen molar-refractivity contribution in [1.82, 2.24) is 4.90 Å². The topological polar surface area (TPSA) is 104 Å². The van der Waals surface area contributed by atoms with E-state index >= 15 is 0 Å². The third kappa shape index (κ3) is 2.95. The molecule has 1 aliphatic rings. The summed E-state index contributed by atoms with van der Waals surface area (Å²) in [6.45, 7) is 3.83. The number of amides is 1. The normalized spacial score (nSPS) is 27.9. The maximum atomic E-state index is 12.0. The predicted octanol–water partition coefficient (Wildman–Crippen LogP) is -0.594. The molecule has 6 heteroatoms. The Morgan fingerprint density at radius 2 is 2.12 bits per heavy atom. The molecule has 1 rings (SSSR count). The van der Waals surface area contributed by atoms with Gasteiger partial charge in [0.25, 0.3) is 0 Å². The second kappa shape index (κ2) is 5.46. The van der Waals surface area contributed by atoms with Gasteiger partial charge < -0.3 is 20.8 Å². The van der Waals surface area contributed by atoms with E-state index in [1.54, 1.807) is 0 Å². The molecule has 1 aliphatic heterocycles. The third-order valence-corrected chi connectivity index (χ3v) is 3.39. The number of likely N-dealkylation sites (tertiary alicyclic amines) is 1. The van der Waals surface area contributed by atoms with Gasteiger partial charge in [-0.15, -0.1) is 0 Å². The van der Waals surface area contributed by atoms with Gasteiger partial charge in [-0.3, -0.25) is 4.79 Å². The standard InChI is InChI=1S/C11H20N2O4/c1-3-6(2)9(12)10(15)13-5-7(14)4-8(13)11(16)17/h6-9,14H,3-5,12H2,1-2H3,(H,16,17)/t6?,7-,8+,9+/m1/s1. The van der Waals surface area contributed by atoms with E-state index in [2.05, 4.69) is 0 Å². The number of nitrogens with zero attached hydrogens (tertiary/aromatic N) is 1. The fourth-order valence-corrected chi connectivity index (χ4v) is 1.98. The largest absolute Gasteiger partial charge is 0.480 e. The highest BCUT2D eigenvalue weighted by molar-refractivity contribution is 5.87. The lowest BCUT2D eigenvalue weighted by Gasteiger charge is -2.27. The number of carbonyl (C=O) groups is 2. The Balaban J connectivity index is 2.77. The van der Waals surface area contributed by atoms with Crippen LogP contribution in [0.25, 0.3) is 0 Å². The second-order valence-corrected chi connectivity index (χ2v) is 4.65. The van der Waals surface area contributed by atoms with E-state index in [4.69, 9.17) is 10.8 Å². The zero-order valence-corrected chi connectivity index (χ0v) is 10.2. The average molecular weight is 244 g/mol. The maximum Gasteiger partial charge on any atom is 0.326 e. The van der Waals surface area contributed by atoms with E-state index in [0.717, 1.165) is 6.42 Å². The summed E-state index contributed by atoms with van der Waals surface area (Å²) in [6, 6.07) is -1.65. The average Bonchev–Trinajstić information content (AvgIpc) is 2.68. The van der Waals surface area contributed by atoms with Crippen LogP contribution in [0, 0.1) is 5.92 Å². The van der Waals surface area contributed by atoms with Gasteiger partial charge in [-0.2, -0.15) is 0 Å². The summed E-state index contributed by atoms with van der Waals surface area (Å²) < 4.78 is 0. The number of carboxylic acid groups (broad SMARTS) is 1. The van der Waals surface area contributed by atoms with E-state index in [9.17, 15) is 14.7 Å². The Labute approximate surface area is 100 Å². The Morgan fingerprint density at radius 1 is 1.53 bits per heavy atom. The Morgan fingerprint density at radius 3 is 2.59 bits per heavy atom. The van der Waals surface area contributed by atoms with Crippen LogP contribution in [-0.4, -0.2) is 51.7 Å². The highest BCUT2D eigenvalue weighted by Crippen LogP contribution is 2.20. The molecule has 1 unspecified atom stereocenters. The lowest BCUT2D eigenvalue weighted by atomic mass is 9.98. The molecule has 0 saturated carbocycles. The molecule has 0 aliphatic carbocycles. The fourth-order valence-electron chi connectivity index (χ4n) is 1.98. The van der Waals surface area contributed by atoms with Crippen molar-refractivity contribution in [3.63, 3.8) is 0 Å². The van der Waals surface area contributed by atoms with Gasteiger partial charge in [0.05, 0.1) is 12.1 Å². The summed E-state index contributed by atoms with van der Waals surface area (Å²) in [5.74, 6) is -1.48. The molecule has 4 atom stereocenters. The smallest absolute Gasteiger partial charge is 0.326 e. The van der Waals surface area contributed by atoms with Gasteiger partial charge in [-0.05, 0) is 5.92 Å². The van der Waals surface area contributed by atoms with E-state index < -0.39 is 24.2 Å². The molecule has 0 aromatic heterocycles. The summed E-state index contributed by atoms with van der Waals surface area (Å²) >= 11 is 0. The summed E-state index contributed by atoms with van der Waals surface area (Å²) in [5, 5.41) is 18.4. The van der Waals surface area contributed by atoms with E-state index in [1.807, 2.05) is 13.8 Å². The third-order valence-electron chi connectivity index (χ3n) is 3.39. The molecule has 0 bridgehead atoms. The number of aliphatic hydroxyl groups is 1. The first-order valence-corrected chi connectivity index (χ1v) is 5.85. The van der Waals surface area contributed by atoms with Gasteiger partial charge in [0.2, 0.25) is 5.91 Å². The summed E-state index contributed by atoms with van der Waals surface area (Å²) in [4.78, 5) is 24.2. The minimum atomic E-state index is -1.09. The molecule has 1 amide bonds. The summed E-state index contributed by atoms with van der Waals surface area (Å²) in [6.07, 6.45) is 0.0548. The van der Waals surface area contributed by atoms with Crippen molar-refractivity contribution in [2.45, 2.75) is 44.9 Å². The van der Waals surface area contributed by atoms with Crippen LogP contribution in [0.5, 0.6) is 0 Å². The molecule has 4 N–H and O–H groups in total. The van der Waals surface area contributed by atoms with Crippen molar-refractivity contribution in [1.29, 1.82) is 0 Å². The van der Waals surface area contributed by atoms with Crippen molar-refractivity contribution in [2.24, 2.45) is 11.7 Å². The molecule has 98 valence electrons. The molecule has 6 nitrogen and oxygen atoms in total. The number of carboxylic acids is 1. The number of hydrogen-bond donors (Lipinski definition) is 3. The van der Waals surface area contributed by atoms with E-state index in [1.165, 1.54) is 4.90 Å². The molecular formula is C11H20N2O4. The van der Waals surface area contributed by atoms with Crippen LogP contribution >= 0.6 is 0 Å². The summed E-state index contributed by atoms with van der Waals surface area (Å²) in [7, 11) is 0. The number of rotatable bonds is 4. The maximum absolute atomic E-state index is 12.0. The first-order valence-electron chi connectivity index (χ1n) is 5.85. The number of hydrogen-bond acceptors (Lipinski definition) is 4. The molecule has 0 radical (unpaired) electrons. The monoisotopic (exact) mass is 244 g/mol. The van der Waals surface area contributed by atoms with Crippen LogP contribution in [0.15, 0.2) is 0 Å². The van der Waals surface area contributed by atoms with Crippen LogP contribution in [0.4, 0.5) is 0 Å². The highest BCUT2D eigenvalue weighted by Gasteiger charge is 2.41. The quantitative estimate of drug-likeness (QED) is 0.613. The predicted molar refractivity (Wildman–Crippen MR) is 61.2 cm³/mol. The Kier molecular flexibility index (Phi) is 4.47. The molecular weight excluding hydrogens is 224 g/mol. The van der Waals surface area contributed by atoms with Crippen molar-refractivity contribution in [2.75, 3.05) is 6.54 Å². The molecule has 17 heavy (non-hydrogen) atoms. The number of aliphatic hydroxyl groups excluding tert-OH is 1. The van der Waals surface area contributed by atoms with Crippen LogP contribution in [0.3, 0.4) is 0 Å². The zero-order chi connectivity index (χ0) is 13.2. The molecule has 1 saturated heterocycles. The first-order chi connectivity index (χ1) is 7.88. The highest BCUT2D eigenvalue weighted by atomic mass is 16.4. The van der Waals surface area contributed by atoms with Crippen LogP contribution in [0.2, 0.25) is 0 Å². The van der Waals surface area contributed by atoms with Crippen LogP contribution in [0.1, 0.15) is 26.7 Å². The second-order valence-electron chi connectivity index (χ2n) is 4.65. The van der Waals surface area contributed by atoms with Gasteiger partial charge in [-0.25, -0.2) is 4.79 Å². The number of nitrogens with two attached hydrogens (primary N) is 1. The fraction of sp³-hybridized carbons (Fsp3) is 0.818. The number of aliphatic carboxylic acids is 1. The van der Waals surface area contributed by atoms with E-state index in [-0.39, 0.29) is 24.8 Å².